The number of halogens is 3. The summed E-state index contributed by atoms with van der Waals surface area (Å²) in [6.07, 6.45) is 2.29. The maximum absolute atomic E-state index is 15.7. The standard InChI is InChI=1S/C35H33F3N6O4/c1-42(30-18-48-32-12-22(5-7-24(30)32)43-10-8-20(9-11-43)33(37)38)35(45)25-14-28-27(15-26(25)36)41-34(29-17-39-19-44(28)29)40-16-21-4-6-23(46-2)13-31(21)47-3/h4-7,12-15,17,19,30H,8-11,16,18H2,1-3H3,(H,40,41). The number of imidazole rings is 1. The molecule has 0 spiro atoms. The van der Waals surface area contributed by atoms with Crippen LogP contribution in [0.3, 0.4) is 0 Å². The number of fused-ring (bicyclic) bond motifs is 4. The number of aromatic nitrogens is 3. The van der Waals surface area contributed by atoms with Crippen molar-refractivity contribution >= 4 is 34.0 Å². The highest BCUT2D eigenvalue weighted by molar-refractivity contribution is 5.98. The smallest absolute Gasteiger partial charge is 0.269 e. The third-order valence-corrected chi connectivity index (χ3v) is 9.15. The van der Waals surface area contributed by atoms with Crippen molar-refractivity contribution < 1.29 is 32.2 Å². The van der Waals surface area contributed by atoms with Gasteiger partial charge < -0.3 is 29.3 Å². The van der Waals surface area contributed by atoms with E-state index in [2.05, 4.69) is 15.3 Å². The lowest BCUT2D eigenvalue weighted by molar-refractivity contribution is 0.0704. The highest BCUT2D eigenvalue weighted by Crippen LogP contribution is 2.40. The van der Waals surface area contributed by atoms with Crippen molar-refractivity contribution in [2.75, 3.05) is 51.2 Å². The van der Waals surface area contributed by atoms with Gasteiger partial charge in [-0.3, -0.25) is 9.20 Å². The summed E-state index contributed by atoms with van der Waals surface area (Å²) in [6.45, 7) is 1.56. The summed E-state index contributed by atoms with van der Waals surface area (Å²) in [5.74, 6) is 1.21. The number of ether oxygens (including phenoxy) is 3. The predicted molar refractivity (Wildman–Crippen MR) is 175 cm³/mol. The lowest BCUT2D eigenvalue weighted by Gasteiger charge is -2.30. The summed E-state index contributed by atoms with van der Waals surface area (Å²) >= 11 is 0. The van der Waals surface area contributed by atoms with Gasteiger partial charge in [0.05, 0.1) is 49.4 Å². The van der Waals surface area contributed by atoms with Crippen LogP contribution in [0.25, 0.3) is 16.6 Å². The number of nitrogens with one attached hydrogen (secondary N) is 1. The van der Waals surface area contributed by atoms with Crippen molar-refractivity contribution in [1.82, 2.24) is 19.3 Å². The molecule has 1 unspecified atom stereocenters. The van der Waals surface area contributed by atoms with Gasteiger partial charge in [-0.1, -0.05) is 6.07 Å². The van der Waals surface area contributed by atoms with Gasteiger partial charge in [-0.2, -0.15) is 8.78 Å². The minimum absolute atomic E-state index is 0.104. The van der Waals surface area contributed by atoms with Crippen LogP contribution in [0.5, 0.6) is 17.2 Å². The molecular formula is C35H33F3N6O4. The van der Waals surface area contributed by atoms with Crippen LogP contribution in [0.2, 0.25) is 0 Å². The molecule has 2 aromatic heterocycles. The first-order valence-electron chi connectivity index (χ1n) is 15.5. The molecule has 7 rings (SSSR count). The number of carbonyl (C=O) groups is 1. The molecule has 2 aliphatic rings. The normalized spacial score (nSPS) is 15.8. The molecule has 4 heterocycles. The molecule has 1 N–H and O–H groups in total. The summed E-state index contributed by atoms with van der Waals surface area (Å²) < 4.78 is 60.2. The number of amides is 1. The molecule has 248 valence electrons. The van der Waals surface area contributed by atoms with Crippen LogP contribution < -0.4 is 24.4 Å². The van der Waals surface area contributed by atoms with Crippen LogP contribution in [0.15, 0.2) is 72.7 Å². The molecule has 2 aliphatic heterocycles. The molecule has 3 aromatic carbocycles. The Morgan fingerprint density at radius 3 is 2.62 bits per heavy atom. The molecule has 1 saturated heterocycles. The average molecular weight is 659 g/mol. The topological polar surface area (TPSA) is 93.5 Å². The van der Waals surface area contributed by atoms with Crippen molar-refractivity contribution in [2.24, 2.45) is 0 Å². The van der Waals surface area contributed by atoms with Gasteiger partial charge in [0, 0.05) is 61.7 Å². The second kappa shape index (κ2) is 12.6. The van der Waals surface area contributed by atoms with Crippen LogP contribution in [-0.4, -0.2) is 66.1 Å². The number of rotatable bonds is 8. The molecule has 10 nitrogen and oxygen atoms in total. The van der Waals surface area contributed by atoms with E-state index in [1.54, 1.807) is 44.3 Å². The number of methoxy groups -OCH3 is 2. The average Bonchev–Trinajstić information content (AvgIpc) is 3.77. The summed E-state index contributed by atoms with van der Waals surface area (Å²) in [5.41, 5.74) is 4.16. The fraction of sp³-hybridized carbons (Fsp3) is 0.286. The number of nitrogens with zero attached hydrogens (tertiary/aromatic N) is 5. The van der Waals surface area contributed by atoms with Crippen molar-refractivity contribution in [1.29, 1.82) is 0 Å². The van der Waals surface area contributed by atoms with E-state index in [0.717, 1.165) is 16.8 Å². The van der Waals surface area contributed by atoms with Gasteiger partial charge in [0.2, 0.25) is 0 Å². The summed E-state index contributed by atoms with van der Waals surface area (Å²) in [7, 11) is 4.79. The summed E-state index contributed by atoms with van der Waals surface area (Å²) in [4.78, 5) is 26.3. The molecule has 1 fully saturated rings. The van der Waals surface area contributed by atoms with Gasteiger partial charge >= 0.3 is 0 Å². The zero-order valence-electron chi connectivity index (χ0n) is 26.6. The number of piperidine rings is 1. The SMILES string of the molecule is COc1ccc(CNc2nc3cc(F)c(C(=O)N(C)C4COc5cc(N6CCC(=C(F)F)CC6)ccc54)cc3n3cncc23)c(OC)c1. The minimum Gasteiger partial charge on any atom is -0.497 e. The first-order valence-corrected chi connectivity index (χ1v) is 15.5. The Hall–Kier alpha value is -5.46. The van der Waals surface area contributed by atoms with E-state index in [4.69, 9.17) is 14.2 Å². The van der Waals surface area contributed by atoms with Crippen molar-refractivity contribution in [3.8, 4) is 17.2 Å². The third-order valence-electron chi connectivity index (χ3n) is 9.15. The zero-order valence-corrected chi connectivity index (χ0v) is 26.6. The molecule has 0 aliphatic carbocycles. The van der Waals surface area contributed by atoms with E-state index >= 15 is 4.39 Å². The maximum atomic E-state index is 15.7. The largest absolute Gasteiger partial charge is 0.497 e. The first kappa shape index (κ1) is 31.2. The van der Waals surface area contributed by atoms with Crippen LogP contribution in [-0.2, 0) is 6.54 Å². The molecule has 1 amide bonds. The fourth-order valence-electron chi connectivity index (χ4n) is 6.40. The Morgan fingerprint density at radius 1 is 1.06 bits per heavy atom. The van der Waals surface area contributed by atoms with Crippen molar-refractivity contribution in [3.05, 3.63) is 95.2 Å². The van der Waals surface area contributed by atoms with Crippen molar-refractivity contribution in [3.63, 3.8) is 0 Å². The van der Waals surface area contributed by atoms with E-state index in [0.29, 0.717) is 72.1 Å². The van der Waals surface area contributed by atoms with Crippen LogP contribution in [0, 0.1) is 5.82 Å². The number of anilines is 2. The van der Waals surface area contributed by atoms with Gasteiger partial charge in [-0.05, 0) is 42.7 Å². The van der Waals surface area contributed by atoms with E-state index in [1.165, 1.54) is 17.0 Å². The number of benzene rings is 3. The van der Waals surface area contributed by atoms with Gasteiger partial charge in [0.15, 0.2) is 5.82 Å². The lowest BCUT2D eigenvalue weighted by atomic mass is 10.0. The first-order chi connectivity index (χ1) is 23.2. The molecule has 0 bridgehead atoms. The van der Waals surface area contributed by atoms with Crippen LogP contribution in [0.1, 0.15) is 40.4 Å². The van der Waals surface area contributed by atoms with Crippen LogP contribution >= 0.6 is 0 Å². The van der Waals surface area contributed by atoms with E-state index in [1.807, 2.05) is 35.2 Å². The highest BCUT2D eigenvalue weighted by Gasteiger charge is 2.33. The molecule has 13 heteroatoms. The van der Waals surface area contributed by atoms with Gasteiger partial charge in [0.25, 0.3) is 12.0 Å². The molecular weight excluding hydrogens is 625 g/mol. The second-order valence-corrected chi connectivity index (χ2v) is 11.8. The number of carbonyl (C=O) groups excluding carboxylic acids is 1. The molecule has 0 radical (unpaired) electrons. The summed E-state index contributed by atoms with van der Waals surface area (Å²) in [6, 6.07) is 13.5. The van der Waals surface area contributed by atoms with Gasteiger partial charge in [0.1, 0.15) is 35.2 Å². The molecule has 48 heavy (non-hydrogen) atoms. The number of likely N-dealkylation sites (N-methyl/N-ethyl adjacent to an activating group) is 1. The Kier molecular flexibility index (Phi) is 8.19. The minimum atomic E-state index is -1.58. The Morgan fingerprint density at radius 2 is 1.88 bits per heavy atom. The summed E-state index contributed by atoms with van der Waals surface area (Å²) in [5, 5.41) is 3.31. The highest BCUT2D eigenvalue weighted by atomic mass is 19.3. The quantitative estimate of drug-likeness (QED) is 0.199. The third kappa shape index (κ3) is 5.58. The number of hydrogen-bond donors (Lipinski definition) is 1. The van der Waals surface area contributed by atoms with E-state index < -0.39 is 23.8 Å². The Balaban J connectivity index is 1.12. The van der Waals surface area contributed by atoms with Crippen LogP contribution in [0.4, 0.5) is 24.7 Å². The van der Waals surface area contributed by atoms with E-state index in [9.17, 15) is 13.6 Å². The Labute approximate surface area is 274 Å². The molecule has 5 aromatic rings. The number of hydrogen-bond acceptors (Lipinski definition) is 8. The fourth-order valence-corrected chi connectivity index (χ4v) is 6.40. The van der Waals surface area contributed by atoms with Crippen molar-refractivity contribution in [2.45, 2.75) is 25.4 Å². The lowest BCUT2D eigenvalue weighted by Crippen LogP contribution is -2.33. The van der Waals surface area contributed by atoms with E-state index in [-0.39, 0.29) is 17.7 Å². The Bertz CT molecular complexity index is 2070. The molecule has 0 saturated carbocycles. The maximum Gasteiger partial charge on any atom is 0.269 e. The van der Waals surface area contributed by atoms with Gasteiger partial charge in [-0.15, -0.1) is 0 Å². The second-order valence-electron chi connectivity index (χ2n) is 11.8. The zero-order chi connectivity index (χ0) is 33.5. The van der Waals surface area contributed by atoms with Gasteiger partial charge in [-0.25, -0.2) is 14.4 Å². The molecule has 1 atom stereocenters. The predicted octanol–water partition coefficient (Wildman–Crippen LogP) is 6.61. The monoisotopic (exact) mass is 658 g/mol.